The molecule has 0 aromatic heterocycles. The van der Waals surface area contributed by atoms with Crippen molar-refractivity contribution in [1.29, 1.82) is 0 Å². The Morgan fingerprint density at radius 3 is 1.91 bits per heavy atom. The summed E-state index contributed by atoms with van der Waals surface area (Å²) in [5.74, 6) is -0.0982. The lowest BCUT2D eigenvalue weighted by atomic mass is 10.0. The molecular formula is C19H18N2O. The van der Waals surface area contributed by atoms with E-state index in [4.69, 9.17) is 0 Å². The van der Waals surface area contributed by atoms with E-state index in [9.17, 15) is 4.79 Å². The lowest BCUT2D eigenvalue weighted by Crippen LogP contribution is -2.12. The molecule has 3 aromatic rings. The van der Waals surface area contributed by atoms with Gasteiger partial charge in [-0.1, -0.05) is 66.7 Å². The highest BCUT2D eigenvalue weighted by atomic mass is 16.1. The van der Waals surface area contributed by atoms with Crippen LogP contribution in [0.3, 0.4) is 0 Å². The van der Waals surface area contributed by atoms with Crippen molar-refractivity contribution in [3.05, 3.63) is 90.5 Å². The molecule has 0 unspecified atom stereocenters. The third kappa shape index (κ3) is 3.40. The predicted octanol–water partition coefficient (Wildman–Crippen LogP) is 4.77. The van der Waals surface area contributed by atoms with Crippen LogP contribution in [0.2, 0.25) is 0 Å². The van der Waals surface area contributed by atoms with E-state index >= 15 is 0 Å². The second-order valence-corrected chi connectivity index (χ2v) is 4.73. The zero-order valence-electron chi connectivity index (χ0n) is 12.2. The molecule has 110 valence electrons. The van der Waals surface area contributed by atoms with Gasteiger partial charge in [0.25, 0.3) is 5.91 Å². The number of amides is 1. The third-order valence-corrected chi connectivity index (χ3v) is 3.30. The van der Waals surface area contributed by atoms with Gasteiger partial charge in [0.05, 0.1) is 0 Å². The van der Waals surface area contributed by atoms with Crippen LogP contribution in [0.25, 0.3) is 11.1 Å². The van der Waals surface area contributed by atoms with E-state index in [1.165, 1.54) is 0 Å². The first-order chi connectivity index (χ1) is 10.3. The van der Waals surface area contributed by atoms with Gasteiger partial charge in [0, 0.05) is 16.8 Å². The van der Waals surface area contributed by atoms with E-state index in [2.05, 4.69) is 5.32 Å². The molecule has 0 aliphatic heterocycles. The number of hydrogen-bond acceptors (Lipinski definition) is 2. The number of carbonyl (C=O) groups excluding carboxylic acids is 1. The molecule has 0 aliphatic carbocycles. The van der Waals surface area contributed by atoms with Gasteiger partial charge >= 0.3 is 0 Å². The highest BCUT2D eigenvalue weighted by Gasteiger charge is 2.09. The Hall–Kier alpha value is -2.91. The van der Waals surface area contributed by atoms with Crippen LogP contribution >= 0.6 is 0 Å². The van der Waals surface area contributed by atoms with Gasteiger partial charge in [-0.2, -0.15) is 0 Å². The monoisotopic (exact) mass is 290 g/mol. The molecule has 0 spiro atoms. The quantitative estimate of drug-likeness (QED) is 0.730. The summed E-state index contributed by atoms with van der Waals surface area (Å²) in [5, 5.41) is 2.99. The summed E-state index contributed by atoms with van der Waals surface area (Å²) in [4.78, 5) is 12.3. The average molecular weight is 290 g/mol. The molecule has 3 nitrogen and oxygen atoms in total. The molecule has 3 aromatic carbocycles. The topological polar surface area (TPSA) is 64.1 Å². The number of nitrogens with one attached hydrogen (secondary N) is 1. The molecule has 22 heavy (non-hydrogen) atoms. The van der Waals surface area contributed by atoms with E-state index < -0.39 is 0 Å². The zero-order chi connectivity index (χ0) is 14.5. The minimum atomic E-state index is -0.0982. The molecule has 0 saturated carbocycles. The van der Waals surface area contributed by atoms with Crippen molar-refractivity contribution < 1.29 is 4.79 Å². The highest BCUT2D eigenvalue weighted by molar-refractivity contribution is 6.06. The van der Waals surface area contributed by atoms with Gasteiger partial charge in [-0.15, -0.1) is 0 Å². The minimum Gasteiger partial charge on any atom is -0.344 e. The maximum Gasteiger partial charge on any atom is 0.255 e. The van der Waals surface area contributed by atoms with Crippen LogP contribution in [-0.4, -0.2) is 5.91 Å². The fraction of sp³-hybridized carbons (Fsp3) is 0. The molecular weight excluding hydrogens is 272 g/mol. The minimum absolute atomic E-state index is 0. The van der Waals surface area contributed by atoms with Crippen LogP contribution in [0, 0.1) is 0 Å². The molecule has 3 rings (SSSR count). The van der Waals surface area contributed by atoms with E-state index in [1.54, 1.807) is 12.1 Å². The molecule has 0 heterocycles. The Bertz CT molecular complexity index is 740. The van der Waals surface area contributed by atoms with Gasteiger partial charge in [0.1, 0.15) is 0 Å². The predicted molar refractivity (Wildman–Crippen MR) is 91.3 cm³/mol. The number of hydrogen-bond donors (Lipinski definition) is 2. The lowest BCUT2D eigenvalue weighted by Gasteiger charge is -2.11. The number of anilines is 1. The summed E-state index contributed by atoms with van der Waals surface area (Å²) in [6.07, 6.45) is 0. The number of benzene rings is 3. The molecule has 0 radical (unpaired) electrons. The largest absolute Gasteiger partial charge is 0.344 e. The van der Waals surface area contributed by atoms with Gasteiger partial charge in [-0.05, 0) is 23.8 Å². The Labute approximate surface area is 130 Å². The Balaban J connectivity index is 0.00000176. The highest BCUT2D eigenvalue weighted by Crippen LogP contribution is 2.27. The second kappa shape index (κ2) is 7.20. The Morgan fingerprint density at radius 2 is 1.23 bits per heavy atom. The second-order valence-electron chi connectivity index (χ2n) is 4.73. The van der Waals surface area contributed by atoms with Crippen molar-refractivity contribution in [2.45, 2.75) is 0 Å². The van der Waals surface area contributed by atoms with Crippen LogP contribution in [0.5, 0.6) is 0 Å². The number of carbonyl (C=O) groups is 1. The van der Waals surface area contributed by atoms with Crippen molar-refractivity contribution in [3.8, 4) is 11.1 Å². The van der Waals surface area contributed by atoms with Crippen LogP contribution < -0.4 is 11.5 Å². The summed E-state index contributed by atoms with van der Waals surface area (Å²) in [7, 11) is 0. The molecule has 0 aliphatic rings. The lowest BCUT2D eigenvalue weighted by molar-refractivity contribution is 0.102. The van der Waals surface area contributed by atoms with Crippen LogP contribution in [0.1, 0.15) is 10.4 Å². The van der Waals surface area contributed by atoms with Gasteiger partial charge in [-0.3, -0.25) is 4.79 Å². The zero-order valence-corrected chi connectivity index (χ0v) is 12.2. The van der Waals surface area contributed by atoms with Crippen molar-refractivity contribution in [2.24, 2.45) is 0 Å². The fourth-order valence-corrected chi connectivity index (χ4v) is 2.25. The first kappa shape index (κ1) is 15.5. The Kier molecular flexibility index (Phi) is 5.07. The normalized spacial score (nSPS) is 9.64. The molecule has 0 fully saturated rings. The number of para-hydroxylation sites is 1. The summed E-state index contributed by atoms with van der Waals surface area (Å²) in [5.41, 5.74) is 3.57. The molecule has 0 saturated heterocycles. The van der Waals surface area contributed by atoms with E-state index in [-0.39, 0.29) is 12.1 Å². The first-order valence-electron chi connectivity index (χ1n) is 6.85. The maximum absolute atomic E-state index is 12.3. The van der Waals surface area contributed by atoms with E-state index in [1.807, 2.05) is 72.8 Å². The summed E-state index contributed by atoms with van der Waals surface area (Å²) >= 11 is 0. The van der Waals surface area contributed by atoms with Crippen molar-refractivity contribution in [2.75, 3.05) is 5.32 Å². The van der Waals surface area contributed by atoms with Gasteiger partial charge < -0.3 is 11.5 Å². The van der Waals surface area contributed by atoms with Crippen LogP contribution in [-0.2, 0) is 0 Å². The van der Waals surface area contributed by atoms with Crippen molar-refractivity contribution >= 4 is 11.6 Å². The van der Waals surface area contributed by atoms with Gasteiger partial charge in [0.2, 0.25) is 0 Å². The standard InChI is InChI=1S/C19H15NO.H3N/c21-19(16-11-5-2-6-12-16)20-18-14-8-7-13-17(18)15-9-3-1-4-10-15;/h1-14H,(H,20,21);1H3. The third-order valence-electron chi connectivity index (χ3n) is 3.30. The van der Waals surface area contributed by atoms with Gasteiger partial charge in [-0.25, -0.2) is 0 Å². The molecule has 0 atom stereocenters. The van der Waals surface area contributed by atoms with Crippen LogP contribution in [0.15, 0.2) is 84.9 Å². The smallest absolute Gasteiger partial charge is 0.255 e. The molecule has 0 bridgehead atoms. The maximum atomic E-state index is 12.3. The fourth-order valence-electron chi connectivity index (χ4n) is 2.25. The number of rotatable bonds is 3. The molecule has 4 N–H and O–H groups in total. The van der Waals surface area contributed by atoms with Crippen molar-refractivity contribution in [3.63, 3.8) is 0 Å². The molecule has 3 heteroatoms. The van der Waals surface area contributed by atoms with E-state index in [0.717, 1.165) is 16.8 Å². The van der Waals surface area contributed by atoms with Crippen LogP contribution in [0.4, 0.5) is 5.69 Å². The Morgan fingerprint density at radius 1 is 0.682 bits per heavy atom. The van der Waals surface area contributed by atoms with E-state index in [0.29, 0.717) is 5.56 Å². The summed E-state index contributed by atoms with van der Waals surface area (Å²) in [6.45, 7) is 0. The SMILES string of the molecule is N.O=C(Nc1ccccc1-c1ccccc1)c1ccccc1. The first-order valence-corrected chi connectivity index (χ1v) is 6.85. The average Bonchev–Trinajstić information content (AvgIpc) is 2.57. The summed E-state index contributed by atoms with van der Waals surface area (Å²) < 4.78 is 0. The summed E-state index contributed by atoms with van der Waals surface area (Å²) in [6, 6.07) is 27.1. The van der Waals surface area contributed by atoms with Crippen molar-refractivity contribution in [1.82, 2.24) is 6.15 Å². The van der Waals surface area contributed by atoms with Gasteiger partial charge in [0.15, 0.2) is 0 Å². The molecule has 1 amide bonds.